The predicted octanol–water partition coefficient (Wildman–Crippen LogP) is 3.70. The van der Waals surface area contributed by atoms with Gasteiger partial charge in [0.05, 0.1) is 11.5 Å². The average molecular weight is 302 g/mol. The highest BCUT2D eigenvalue weighted by atomic mass is 79.9. The summed E-state index contributed by atoms with van der Waals surface area (Å²) in [5.74, 6) is 0.726. The number of alkyl halides is 1. The number of nitro groups is 1. The Labute approximate surface area is 109 Å². The SMILES string of the molecule is CCC(CBr)COc1cc(C)ccc1[N+](=O)[O-]. The molecule has 0 aliphatic rings. The van der Waals surface area contributed by atoms with Gasteiger partial charge in [0.2, 0.25) is 0 Å². The van der Waals surface area contributed by atoms with Crippen LogP contribution in [0.25, 0.3) is 0 Å². The van der Waals surface area contributed by atoms with Gasteiger partial charge in [0.25, 0.3) is 0 Å². The Morgan fingerprint density at radius 2 is 2.24 bits per heavy atom. The van der Waals surface area contributed by atoms with Crippen molar-refractivity contribution >= 4 is 21.6 Å². The molecule has 0 bridgehead atoms. The van der Waals surface area contributed by atoms with E-state index in [0.29, 0.717) is 18.3 Å². The van der Waals surface area contributed by atoms with Crippen LogP contribution in [0.3, 0.4) is 0 Å². The summed E-state index contributed by atoms with van der Waals surface area (Å²) in [4.78, 5) is 10.4. The van der Waals surface area contributed by atoms with E-state index in [1.54, 1.807) is 12.1 Å². The highest BCUT2D eigenvalue weighted by Gasteiger charge is 2.16. The highest BCUT2D eigenvalue weighted by molar-refractivity contribution is 9.09. The molecule has 17 heavy (non-hydrogen) atoms. The lowest BCUT2D eigenvalue weighted by Gasteiger charge is -2.13. The molecule has 1 aromatic carbocycles. The molecule has 0 saturated heterocycles. The second-order valence-corrected chi connectivity index (χ2v) is 4.62. The summed E-state index contributed by atoms with van der Waals surface area (Å²) in [6, 6.07) is 4.91. The first-order valence-electron chi connectivity index (χ1n) is 5.52. The molecular formula is C12H16BrNO3. The van der Waals surface area contributed by atoms with E-state index in [4.69, 9.17) is 4.74 Å². The third kappa shape index (κ3) is 4.00. The second-order valence-electron chi connectivity index (χ2n) is 3.97. The van der Waals surface area contributed by atoms with Gasteiger partial charge in [-0.05, 0) is 25.0 Å². The van der Waals surface area contributed by atoms with E-state index in [-0.39, 0.29) is 5.69 Å². The lowest BCUT2D eigenvalue weighted by molar-refractivity contribution is -0.385. The largest absolute Gasteiger partial charge is 0.486 e. The number of hydrogen-bond donors (Lipinski definition) is 0. The van der Waals surface area contributed by atoms with Gasteiger partial charge in [-0.2, -0.15) is 0 Å². The number of rotatable bonds is 6. The van der Waals surface area contributed by atoms with Crippen molar-refractivity contribution in [3.8, 4) is 5.75 Å². The molecule has 5 heteroatoms. The Morgan fingerprint density at radius 3 is 2.76 bits per heavy atom. The fourth-order valence-corrected chi connectivity index (χ4v) is 2.01. The van der Waals surface area contributed by atoms with E-state index in [9.17, 15) is 10.1 Å². The summed E-state index contributed by atoms with van der Waals surface area (Å²) < 4.78 is 5.55. The van der Waals surface area contributed by atoms with Crippen molar-refractivity contribution in [2.45, 2.75) is 20.3 Å². The molecule has 4 nitrogen and oxygen atoms in total. The summed E-state index contributed by atoms with van der Waals surface area (Å²) in [5, 5.41) is 11.7. The Balaban J connectivity index is 2.81. The molecule has 0 aliphatic heterocycles. The Morgan fingerprint density at radius 1 is 1.53 bits per heavy atom. The summed E-state index contributed by atoms with van der Waals surface area (Å²) in [7, 11) is 0. The van der Waals surface area contributed by atoms with Crippen LogP contribution in [0.2, 0.25) is 0 Å². The van der Waals surface area contributed by atoms with Gasteiger partial charge in [0.1, 0.15) is 0 Å². The topological polar surface area (TPSA) is 52.4 Å². The van der Waals surface area contributed by atoms with Crippen LogP contribution >= 0.6 is 15.9 Å². The zero-order valence-corrected chi connectivity index (χ0v) is 11.6. The lowest BCUT2D eigenvalue weighted by atomic mass is 10.1. The minimum atomic E-state index is -0.413. The summed E-state index contributed by atoms with van der Waals surface area (Å²) in [6.45, 7) is 4.45. The molecule has 1 aromatic rings. The first-order valence-corrected chi connectivity index (χ1v) is 6.64. The third-order valence-electron chi connectivity index (χ3n) is 2.58. The van der Waals surface area contributed by atoms with E-state index in [2.05, 4.69) is 22.9 Å². The van der Waals surface area contributed by atoms with E-state index >= 15 is 0 Å². The molecule has 0 amide bonds. The van der Waals surface area contributed by atoms with Gasteiger partial charge >= 0.3 is 5.69 Å². The van der Waals surface area contributed by atoms with Crippen molar-refractivity contribution in [2.24, 2.45) is 5.92 Å². The summed E-state index contributed by atoms with van der Waals surface area (Å²) in [6.07, 6.45) is 0.977. The van der Waals surface area contributed by atoms with Crippen LogP contribution in [0.4, 0.5) is 5.69 Å². The Kier molecular flexibility index (Phi) is 5.41. The van der Waals surface area contributed by atoms with Gasteiger partial charge in [-0.3, -0.25) is 10.1 Å². The van der Waals surface area contributed by atoms with Crippen molar-refractivity contribution < 1.29 is 9.66 Å². The number of hydrogen-bond acceptors (Lipinski definition) is 3. The molecule has 0 aromatic heterocycles. The molecule has 0 heterocycles. The maximum Gasteiger partial charge on any atom is 0.310 e. The van der Waals surface area contributed by atoms with Crippen LogP contribution in [0.15, 0.2) is 18.2 Å². The minimum Gasteiger partial charge on any atom is -0.486 e. The van der Waals surface area contributed by atoms with Gasteiger partial charge in [-0.25, -0.2) is 0 Å². The van der Waals surface area contributed by atoms with Gasteiger partial charge < -0.3 is 4.74 Å². The monoisotopic (exact) mass is 301 g/mol. The molecule has 1 rings (SSSR count). The third-order valence-corrected chi connectivity index (χ3v) is 3.50. The number of nitrogens with zero attached hydrogens (tertiary/aromatic N) is 1. The van der Waals surface area contributed by atoms with Crippen LogP contribution in [0.5, 0.6) is 5.75 Å². The standard InChI is InChI=1S/C12H16BrNO3/c1-3-10(7-13)8-17-12-6-9(2)4-5-11(12)14(15)16/h4-6,10H,3,7-8H2,1-2H3. The Bertz CT molecular complexity index is 391. The molecule has 1 atom stereocenters. The zero-order chi connectivity index (χ0) is 12.8. The van der Waals surface area contributed by atoms with Crippen LogP contribution in [-0.2, 0) is 0 Å². The van der Waals surface area contributed by atoms with Gasteiger partial charge in [0, 0.05) is 17.3 Å². The number of benzene rings is 1. The summed E-state index contributed by atoms with van der Waals surface area (Å²) in [5.41, 5.74) is 0.984. The van der Waals surface area contributed by atoms with E-state index < -0.39 is 4.92 Å². The van der Waals surface area contributed by atoms with E-state index in [0.717, 1.165) is 17.3 Å². The Hall–Kier alpha value is -1.10. The molecule has 0 spiro atoms. The smallest absolute Gasteiger partial charge is 0.310 e. The molecular weight excluding hydrogens is 286 g/mol. The van der Waals surface area contributed by atoms with Crippen molar-refractivity contribution in [3.63, 3.8) is 0 Å². The van der Waals surface area contributed by atoms with Crippen LogP contribution < -0.4 is 4.74 Å². The molecule has 0 radical (unpaired) electrons. The number of halogens is 1. The number of nitro benzene ring substituents is 1. The van der Waals surface area contributed by atoms with Gasteiger partial charge in [-0.1, -0.05) is 28.9 Å². The molecule has 0 fully saturated rings. The van der Waals surface area contributed by atoms with E-state index in [1.807, 2.05) is 6.92 Å². The van der Waals surface area contributed by atoms with Crippen molar-refractivity contribution in [1.29, 1.82) is 0 Å². The quantitative estimate of drug-likeness (QED) is 0.457. The lowest BCUT2D eigenvalue weighted by Crippen LogP contribution is -2.13. The van der Waals surface area contributed by atoms with Crippen molar-refractivity contribution in [3.05, 3.63) is 33.9 Å². The summed E-state index contributed by atoms with van der Waals surface area (Å²) >= 11 is 3.40. The molecule has 0 saturated carbocycles. The molecule has 0 aliphatic carbocycles. The van der Waals surface area contributed by atoms with Crippen molar-refractivity contribution in [1.82, 2.24) is 0 Å². The van der Waals surface area contributed by atoms with Gasteiger partial charge in [-0.15, -0.1) is 0 Å². The molecule has 1 unspecified atom stereocenters. The van der Waals surface area contributed by atoms with E-state index in [1.165, 1.54) is 6.07 Å². The minimum absolute atomic E-state index is 0.0278. The number of ether oxygens (including phenoxy) is 1. The second kappa shape index (κ2) is 6.59. The normalized spacial score (nSPS) is 12.2. The van der Waals surface area contributed by atoms with Crippen LogP contribution in [0.1, 0.15) is 18.9 Å². The number of aryl methyl sites for hydroxylation is 1. The first kappa shape index (κ1) is 14.0. The zero-order valence-electron chi connectivity index (χ0n) is 9.98. The van der Waals surface area contributed by atoms with Gasteiger partial charge in [0.15, 0.2) is 5.75 Å². The highest BCUT2D eigenvalue weighted by Crippen LogP contribution is 2.28. The average Bonchev–Trinajstić information content (AvgIpc) is 2.30. The maximum atomic E-state index is 10.8. The maximum absolute atomic E-state index is 10.8. The molecule has 94 valence electrons. The van der Waals surface area contributed by atoms with Crippen LogP contribution in [0, 0.1) is 23.0 Å². The predicted molar refractivity (Wildman–Crippen MR) is 70.9 cm³/mol. The molecule has 0 N–H and O–H groups in total. The first-order chi connectivity index (χ1) is 8.08. The van der Waals surface area contributed by atoms with Crippen molar-refractivity contribution in [2.75, 3.05) is 11.9 Å². The fourth-order valence-electron chi connectivity index (χ4n) is 1.37. The fraction of sp³-hybridized carbons (Fsp3) is 0.500. The van der Waals surface area contributed by atoms with Crippen LogP contribution in [-0.4, -0.2) is 16.9 Å².